The van der Waals surface area contributed by atoms with Crippen molar-refractivity contribution in [3.05, 3.63) is 0 Å². The molecule has 0 saturated heterocycles. The van der Waals surface area contributed by atoms with Gasteiger partial charge in [-0.05, 0) is 13.8 Å². The molecule has 4 nitrogen and oxygen atoms in total. The molecule has 0 aliphatic rings. The Hall–Kier alpha value is -0.740. The summed E-state index contributed by atoms with van der Waals surface area (Å²) in [7, 11) is 0. The maximum Gasteiger partial charge on any atom is 0.133 e. The van der Waals surface area contributed by atoms with Crippen LogP contribution in [0.2, 0.25) is 0 Å². The molecule has 0 heterocycles. The zero-order chi connectivity index (χ0) is 10.3. The van der Waals surface area contributed by atoms with Crippen molar-refractivity contribution < 1.29 is 9.59 Å². The number of rotatable bonds is 7. The molecule has 1 atom stereocenters. The van der Waals surface area contributed by atoms with Crippen LogP contribution in [-0.2, 0) is 9.59 Å². The lowest BCUT2D eigenvalue weighted by Gasteiger charge is -2.09. The van der Waals surface area contributed by atoms with Gasteiger partial charge in [0.15, 0.2) is 0 Å². The van der Waals surface area contributed by atoms with Gasteiger partial charge in [0.2, 0.25) is 0 Å². The number of hydrazine groups is 1. The highest BCUT2D eigenvalue weighted by Gasteiger charge is 2.05. The van der Waals surface area contributed by atoms with E-state index in [0.29, 0.717) is 19.5 Å². The summed E-state index contributed by atoms with van der Waals surface area (Å²) in [4.78, 5) is 21.3. The molecule has 0 aliphatic heterocycles. The molecule has 0 aromatic carbocycles. The molecular weight excluding hydrogens is 168 g/mol. The van der Waals surface area contributed by atoms with Crippen LogP contribution < -0.4 is 10.9 Å². The summed E-state index contributed by atoms with van der Waals surface area (Å²) in [6.45, 7) is 6.21. The van der Waals surface area contributed by atoms with Crippen molar-refractivity contribution in [3.63, 3.8) is 0 Å². The SMILES string of the molecule is CC(=O)CCNNCC(C)C(C)=O. The average Bonchev–Trinajstić information content (AvgIpc) is 2.02. The minimum Gasteiger partial charge on any atom is -0.300 e. The van der Waals surface area contributed by atoms with Gasteiger partial charge in [-0.2, -0.15) is 0 Å². The zero-order valence-electron chi connectivity index (χ0n) is 8.52. The Morgan fingerprint density at radius 2 is 1.85 bits per heavy atom. The normalized spacial score (nSPS) is 12.5. The van der Waals surface area contributed by atoms with Gasteiger partial charge in [-0.25, -0.2) is 0 Å². The highest BCUT2D eigenvalue weighted by atomic mass is 16.1. The predicted octanol–water partition coefficient (Wildman–Crippen LogP) is 0.285. The van der Waals surface area contributed by atoms with Gasteiger partial charge in [-0.1, -0.05) is 6.92 Å². The van der Waals surface area contributed by atoms with Crippen molar-refractivity contribution in [2.24, 2.45) is 5.92 Å². The van der Waals surface area contributed by atoms with Crippen molar-refractivity contribution in [1.29, 1.82) is 0 Å². The number of Topliss-reactive ketones (excluding diaryl/α,β-unsaturated/α-hetero) is 2. The lowest BCUT2D eigenvalue weighted by molar-refractivity contribution is -0.120. The third kappa shape index (κ3) is 7.62. The smallest absolute Gasteiger partial charge is 0.133 e. The van der Waals surface area contributed by atoms with Gasteiger partial charge in [0.05, 0.1) is 0 Å². The molecule has 1 unspecified atom stereocenters. The average molecular weight is 186 g/mol. The second kappa shape index (κ2) is 6.74. The quantitative estimate of drug-likeness (QED) is 0.443. The number of ketones is 2. The van der Waals surface area contributed by atoms with Crippen molar-refractivity contribution in [3.8, 4) is 0 Å². The molecule has 13 heavy (non-hydrogen) atoms. The van der Waals surface area contributed by atoms with E-state index in [4.69, 9.17) is 0 Å². The van der Waals surface area contributed by atoms with Gasteiger partial charge >= 0.3 is 0 Å². The first-order chi connectivity index (χ1) is 6.04. The molecule has 2 N–H and O–H groups in total. The Kier molecular flexibility index (Phi) is 6.36. The van der Waals surface area contributed by atoms with Gasteiger partial charge < -0.3 is 0 Å². The molecule has 0 saturated carbocycles. The van der Waals surface area contributed by atoms with Crippen molar-refractivity contribution in [2.75, 3.05) is 13.1 Å². The first-order valence-electron chi connectivity index (χ1n) is 4.49. The van der Waals surface area contributed by atoms with Gasteiger partial charge in [0, 0.05) is 25.4 Å². The summed E-state index contributed by atoms with van der Waals surface area (Å²) in [5.74, 6) is 0.347. The molecule has 0 bridgehead atoms. The topological polar surface area (TPSA) is 58.2 Å². The fourth-order valence-corrected chi connectivity index (χ4v) is 0.696. The highest BCUT2D eigenvalue weighted by molar-refractivity contribution is 5.78. The van der Waals surface area contributed by atoms with Gasteiger partial charge in [0.1, 0.15) is 11.6 Å². The first kappa shape index (κ1) is 12.3. The summed E-state index contributed by atoms with van der Waals surface area (Å²) in [6.07, 6.45) is 0.515. The van der Waals surface area contributed by atoms with Crippen LogP contribution in [0.3, 0.4) is 0 Å². The predicted molar refractivity (Wildman–Crippen MR) is 51.1 cm³/mol. The maximum atomic E-state index is 10.8. The van der Waals surface area contributed by atoms with E-state index in [1.165, 1.54) is 0 Å². The summed E-state index contributed by atoms with van der Waals surface area (Å²) >= 11 is 0. The summed E-state index contributed by atoms with van der Waals surface area (Å²) in [5, 5.41) is 0. The van der Waals surface area contributed by atoms with E-state index in [1.54, 1.807) is 13.8 Å². The fraction of sp³-hybridized carbons (Fsp3) is 0.778. The number of hydrogen-bond acceptors (Lipinski definition) is 4. The van der Waals surface area contributed by atoms with E-state index in [1.807, 2.05) is 6.92 Å². The molecule has 0 aliphatic carbocycles. The van der Waals surface area contributed by atoms with Crippen molar-refractivity contribution >= 4 is 11.6 Å². The summed E-state index contributed by atoms with van der Waals surface area (Å²) in [6, 6.07) is 0. The standard InChI is InChI=1S/C9H18N2O2/c1-7(9(3)13)6-11-10-5-4-8(2)12/h7,10-11H,4-6H2,1-3H3. The second-order valence-electron chi connectivity index (χ2n) is 3.27. The third-order valence-electron chi connectivity index (χ3n) is 1.83. The summed E-state index contributed by atoms with van der Waals surface area (Å²) < 4.78 is 0. The van der Waals surface area contributed by atoms with Crippen LogP contribution in [-0.4, -0.2) is 24.7 Å². The molecule has 0 fully saturated rings. The first-order valence-corrected chi connectivity index (χ1v) is 4.49. The van der Waals surface area contributed by atoms with E-state index < -0.39 is 0 Å². The highest BCUT2D eigenvalue weighted by Crippen LogP contribution is 1.91. The number of carbonyl (C=O) groups is 2. The maximum absolute atomic E-state index is 10.8. The Labute approximate surface area is 79.1 Å². The van der Waals surface area contributed by atoms with E-state index >= 15 is 0 Å². The minimum atomic E-state index is 0.0184. The molecule has 0 spiro atoms. The Morgan fingerprint density at radius 3 is 2.31 bits per heavy atom. The number of nitrogens with one attached hydrogen (secondary N) is 2. The van der Waals surface area contributed by atoms with Crippen LogP contribution in [0.25, 0.3) is 0 Å². The van der Waals surface area contributed by atoms with Gasteiger partial charge in [-0.15, -0.1) is 0 Å². The summed E-state index contributed by atoms with van der Waals surface area (Å²) in [5.41, 5.74) is 5.78. The van der Waals surface area contributed by atoms with E-state index in [2.05, 4.69) is 10.9 Å². The largest absolute Gasteiger partial charge is 0.300 e. The molecular formula is C9H18N2O2. The molecule has 0 radical (unpaired) electrons. The third-order valence-corrected chi connectivity index (χ3v) is 1.83. The zero-order valence-corrected chi connectivity index (χ0v) is 8.52. The molecule has 4 heteroatoms. The monoisotopic (exact) mass is 186 g/mol. The van der Waals surface area contributed by atoms with Gasteiger partial charge in [0.25, 0.3) is 0 Å². The number of hydrogen-bond donors (Lipinski definition) is 2. The Balaban J connectivity index is 3.26. The molecule has 0 amide bonds. The van der Waals surface area contributed by atoms with Crippen LogP contribution in [0.15, 0.2) is 0 Å². The van der Waals surface area contributed by atoms with Gasteiger partial charge in [-0.3, -0.25) is 20.4 Å². The Bertz CT molecular complexity index is 180. The van der Waals surface area contributed by atoms with Crippen LogP contribution in [0, 0.1) is 5.92 Å². The lowest BCUT2D eigenvalue weighted by atomic mass is 10.1. The van der Waals surface area contributed by atoms with E-state index in [0.717, 1.165) is 0 Å². The van der Waals surface area contributed by atoms with Crippen molar-refractivity contribution in [1.82, 2.24) is 10.9 Å². The lowest BCUT2D eigenvalue weighted by Crippen LogP contribution is -2.37. The molecule has 0 rings (SSSR count). The van der Waals surface area contributed by atoms with Crippen LogP contribution >= 0.6 is 0 Å². The van der Waals surface area contributed by atoms with Crippen molar-refractivity contribution in [2.45, 2.75) is 27.2 Å². The fourth-order valence-electron chi connectivity index (χ4n) is 0.696. The Morgan fingerprint density at radius 1 is 1.23 bits per heavy atom. The molecule has 0 aromatic rings. The van der Waals surface area contributed by atoms with Crippen LogP contribution in [0.4, 0.5) is 0 Å². The number of carbonyl (C=O) groups excluding carboxylic acids is 2. The van der Waals surface area contributed by atoms with E-state index in [9.17, 15) is 9.59 Å². The van der Waals surface area contributed by atoms with Crippen LogP contribution in [0.1, 0.15) is 27.2 Å². The van der Waals surface area contributed by atoms with E-state index in [-0.39, 0.29) is 17.5 Å². The molecule has 76 valence electrons. The second-order valence-corrected chi connectivity index (χ2v) is 3.27. The molecule has 0 aromatic heterocycles. The minimum absolute atomic E-state index is 0.0184. The van der Waals surface area contributed by atoms with Crippen LogP contribution in [0.5, 0.6) is 0 Å².